The van der Waals surface area contributed by atoms with Gasteiger partial charge in [0.15, 0.2) is 0 Å². The number of hydrogen-bond donors (Lipinski definition) is 0. The zero-order chi connectivity index (χ0) is 17.5. The number of carbonyl (C=O) groups excluding carboxylic acids is 2. The third-order valence-electron chi connectivity index (χ3n) is 5.03. The van der Waals surface area contributed by atoms with Crippen molar-refractivity contribution in [2.75, 3.05) is 19.6 Å². The molecule has 1 saturated carbocycles. The van der Waals surface area contributed by atoms with E-state index in [-0.39, 0.29) is 23.8 Å². The van der Waals surface area contributed by atoms with Crippen molar-refractivity contribution in [3.05, 3.63) is 0 Å². The quantitative estimate of drug-likeness (QED) is 0.792. The van der Waals surface area contributed by atoms with Gasteiger partial charge >= 0.3 is 0 Å². The van der Waals surface area contributed by atoms with Crippen LogP contribution in [0.15, 0.2) is 4.99 Å². The number of carbonyl (C=O) groups is 2. The maximum absolute atomic E-state index is 12.8. The third kappa shape index (κ3) is 4.81. The lowest BCUT2D eigenvalue weighted by Gasteiger charge is -2.32. The first-order chi connectivity index (χ1) is 11.5. The number of hydrogen-bond acceptors (Lipinski definition) is 3. The lowest BCUT2D eigenvalue weighted by molar-refractivity contribution is -0.136. The van der Waals surface area contributed by atoms with E-state index in [1.54, 1.807) is 0 Å². The molecule has 1 aliphatic carbocycles. The van der Waals surface area contributed by atoms with Crippen LogP contribution in [0, 0.1) is 5.92 Å². The van der Waals surface area contributed by atoms with Gasteiger partial charge in [-0.2, -0.15) is 0 Å². The molecule has 0 aromatic rings. The summed E-state index contributed by atoms with van der Waals surface area (Å²) in [4.78, 5) is 34.0. The van der Waals surface area contributed by atoms with E-state index in [2.05, 4.69) is 6.92 Å². The topological polar surface area (TPSA) is 53.0 Å². The van der Waals surface area contributed by atoms with E-state index in [0.717, 1.165) is 57.3 Å². The molecule has 0 radical (unpaired) electrons. The molecule has 0 bridgehead atoms. The minimum atomic E-state index is 0.100. The summed E-state index contributed by atoms with van der Waals surface area (Å²) in [6, 6.07) is 0.112. The zero-order valence-corrected chi connectivity index (χ0v) is 15.6. The average molecular weight is 335 g/mol. The van der Waals surface area contributed by atoms with Crippen molar-refractivity contribution in [1.82, 2.24) is 9.80 Å². The lowest BCUT2D eigenvalue weighted by atomic mass is 10.1. The van der Waals surface area contributed by atoms with Crippen molar-refractivity contribution in [2.24, 2.45) is 10.9 Å². The summed E-state index contributed by atoms with van der Waals surface area (Å²) in [5, 5.41) is 0. The number of rotatable bonds is 4. The minimum absolute atomic E-state index is 0.100. The molecule has 0 saturated heterocycles. The molecular formula is C19H33N3O2. The van der Waals surface area contributed by atoms with Crippen LogP contribution < -0.4 is 0 Å². The standard InChI is InChI=1S/C19H33N3O2/c1-4-8-17-20-12-7-13-21(19(24)16-9-5-6-10-16)14-11-18(23)22(17)15(2)3/h15-16H,4-14H2,1-3H3. The molecule has 0 N–H and O–H groups in total. The van der Waals surface area contributed by atoms with Crippen LogP contribution >= 0.6 is 0 Å². The van der Waals surface area contributed by atoms with Gasteiger partial charge in [-0.25, -0.2) is 0 Å². The highest BCUT2D eigenvalue weighted by Crippen LogP contribution is 2.27. The van der Waals surface area contributed by atoms with Gasteiger partial charge in [0, 0.05) is 44.4 Å². The van der Waals surface area contributed by atoms with Crippen molar-refractivity contribution < 1.29 is 9.59 Å². The van der Waals surface area contributed by atoms with Gasteiger partial charge in [0.1, 0.15) is 5.84 Å². The molecule has 1 heterocycles. The molecule has 2 rings (SSSR count). The summed E-state index contributed by atoms with van der Waals surface area (Å²) >= 11 is 0. The first-order valence-electron chi connectivity index (χ1n) is 9.68. The second-order valence-electron chi connectivity index (χ2n) is 7.32. The largest absolute Gasteiger partial charge is 0.342 e. The highest BCUT2D eigenvalue weighted by molar-refractivity contribution is 5.98. The van der Waals surface area contributed by atoms with E-state index < -0.39 is 0 Å². The molecule has 5 heteroatoms. The summed E-state index contributed by atoms with van der Waals surface area (Å²) in [7, 11) is 0. The monoisotopic (exact) mass is 335 g/mol. The van der Waals surface area contributed by atoms with Gasteiger partial charge in [0.2, 0.25) is 11.8 Å². The molecule has 136 valence electrons. The number of amidine groups is 1. The maximum Gasteiger partial charge on any atom is 0.229 e. The molecule has 2 aliphatic rings. The van der Waals surface area contributed by atoms with Gasteiger partial charge in [-0.1, -0.05) is 19.8 Å². The van der Waals surface area contributed by atoms with Gasteiger partial charge in [-0.15, -0.1) is 0 Å². The van der Waals surface area contributed by atoms with Crippen LogP contribution in [-0.2, 0) is 9.59 Å². The fourth-order valence-electron chi connectivity index (χ4n) is 3.81. The minimum Gasteiger partial charge on any atom is -0.342 e. The van der Waals surface area contributed by atoms with Crippen LogP contribution in [0.5, 0.6) is 0 Å². The van der Waals surface area contributed by atoms with Crippen LogP contribution in [0.1, 0.15) is 72.1 Å². The van der Waals surface area contributed by atoms with Crippen LogP contribution in [0.3, 0.4) is 0 Å². The Labute approximate surface area is 146 Å². The van der Waals surface area contributed by atoms with Crippen LogP contribution in [-0.4, -0.2) is 53.1 Å². The fraction of sp³-hybridized carbons (Fsp3) is 0.842. The summed E-state index contributed by atoms with van der Waals surface area (Å²) in [5.74, 6) is 1.47. The number of aliphatic imine (C=N–C) groups is 1. The molecule has 0 aromatic carbocycles. The van der Waals surface area contributed by atoms with E-state index in [1.807, 2.05) is 23.6 Å². The highest BCUT2D eigenvalue weighted by atomic mass is 16.2. The predicted octanol–water partition coefficient (Wildman–Crippen LogP) is 3.23. The Morgan fingerprint density at radius 3 is 2.54 bits per heavy atom. The maximum atomic E-state index is 12.8. The number of nitrogens with zero attached hydrogens (tertiary/aromatic N) is 3. The van der Waals surface area contributed by atoms with Crippen molar-refractivity contribution in [3.8, 4) is 0 Å². The molecule has 1 fully saturated rings. The van der Waals surface area contributed by atoms with Gasteiger partial charge in [-0.3, -0.25) is 19.5 Å². The van der Waals surface area contributed by atoms with Crippen LogP contribution in [0.2, 0.25) is 0 Å². The number of amides is 2. The van der Waals surface area contributed by atoms with Gasteiger partial charge in [0.25, 0.3) is 0 Å². The molecular weight excluding hydrogens is 302 g/mol. The third-order valence-corrected chi connectivity index (χ3v) is 5.03. The molecule has 0 aromatic heterocycles. The second kappa shape index (κ2) is 9.19. The van der Waals surface area contributed by atoms with Crippen molar-refractivity contribution in [2.45, 2.75) is 78.2 Å². The molecule has 0 unspecified atom stereocenters. The molecule has 1 aliphatic heterocycles. The normalized spacial score (nSPS) is 21.3. The Bertz CT molecular complexity index is 467. The Hall–Kier alpha value is -1.39. The van der Waals surface area contributed by atoms with E-state index in [1.165, 1.54) is 0 Å². The van der Waals surface area contributed by atoms with Gasteiger partial charge in [-0.05, 0) is 39.5 Å². The SMILES string of the molecule is CCCC1=NCCCN(C(=O)C2CCCC2)CCC(=O)N1C(C)C. The Morgan fingerprint density at radius 1 is 1.21 bits per heavy atom. The van der Waals surface area contributed by atoms with E-state index >= 15 is 0 Å². The van der Waals surface area contributed by atoms with E-state index in [0.29, 0.717) is 19.5 Å². The second-order valence-corrected chi connectivity index (χ2v) is 7.32. The molecule has 0 spiro atoms. The Morgan fingerprint density at radius 2 is 1.92 bits per heavy atom. The van der Waals surface area contributed by atoms with E-state index in [9.17, 15) is 9.59 Å². The van der Waals surface area contributed by atoms with Gasteiger partial charge < -0.3 is 4.90 Å². The first-order valence-corrected chi connectivity index (χ1v) is 9.68. The van der Waals surface area contributed by atoms with Crippen molar-refractivity contribution in [1.29, 1.82) is 0 Å². The van der Waals surface area contributed by atoms with Crippen LogP contribution in [0.25, 0.3) is 0 Å². The average Bonchev–Trinajstić information content (AvgIpc) is 3.07. The Kier molecular flexibility index (Phi) is 7.25. The van der Waals surface area contributed by atoms with Crippen molar-refractivity contribution >= 4 is 17.6 Å². The molecule has 0 atom stereocenters. The summed E-state index contributed by atoms with van der Waals surface area (Å²) in [5.41, 5.74) is 0. The lowest BCUT2D eigenvalue weighted by Crippen LogP contribution is -2.45. The molecule has 24 heavy (non-hydrogen) atoms. The van der Waals surface area contributed by atoms with Crippen molar-refractivity contribution in [3.63, 3.8) is 0 Å². The smallest absolute Gasteiger partial charge is 0.229 e. The molecule has 2 amide bonds. The highest BCUT2D eigenvalue weighted by Gasteiger charge is 2.29. The summed E-state index contributed by atoms with van der Waals surface area (Å²) < 4.78 is 0. The zero-order valence-electron chi connectivity index (χ0n) is 15.6. The first kappa shape index (κ1) is 18.9. The Balaban J connectivity index is 2.10. The van der Waals surface area contributed by atoms with Crippen LogP contribution in [0.4, 0.5) is 0 Å². The molecule has 5 nitrogen and oxygen atoms in total. The van der Waals surface area contributed by atoms with E-state index in [4.69, 9.17) is 4.99 Å². The predicted molar refractivity (Wildman–Crippen MR) is 97.0 cm³/mol. The van der Waals surface area contributed by atoms with Gasteiger partial charge in [0.05, 0.1) is 0 Å². The summed E-state index contributed by atoms with van der Waals surface area (Å²) in [6.07, 6.45) is 7.46. The summed E-state index contributed by atoms with van der Waals surface area (Å²) in [6.45, 7) is 8.17. The fourth-order valence-corrected chi connectivity index (χ4v) is 3.81.